The molecule has 1 aromatic heterocycles. The number of rotatable bonds is 4. The summed E-state index contributed by atoms with van der Waals surface area (Å²) in [7, 11) is 0.202. The number of nitrogens with one attached hydrogen (secondary N) is 1. The molecule has 1 aromatic rings. The first kappa shape index (κ1) is 26.7. The van der Waals surface area contributed by atoms with Crippen molar-refractivity contribution in [2.75, 3.05) is 26.7 Å². The summed E-state index contributed by atoms with van der Waals surface area (Å²) in [6.45, 7) is 12.7. The van der Waals surface area contributed by atoms with E-state index in [2.05, 4.69) is 40.9 Å². The molecule has 3 heterocycles. The number of amides is 3. The number of ether oxygens (including phenoxy) is 2. The van der Waals surface area contributed by atoms with Gasteiger partial charge in [0.05, 0.1) is 19.1 Å². The van der Waals surface area contributed by atoms with Gasteiger partial charge in [0.2, 0.25) is 11.9 Å². The summed E-state index contributed by atoms with van der Waals surface area (Å²) in [6.07, 6.45) is -1.15. The van der Waals surface area contributed by atoms with Crippen molar-refractivity contribution >= 4 is 59.4 Å². The topological polar surface area (TPSA) is 101 Å². The van der Waals surface area contributed by atoms with Crippen LogP contribution in [-0.2, 0) is 19.8 Å². The Morgan fingerprint density at radius 1 is 1.35 bits per heavy atom. The van der Waals surface area contributed by atoms with E-state index in [0.717, 1.165) is 15.4 Å². The number of fused-ring (bicyclic) bond motifs is 1. The van der Waals surface area contributed by atoms with Crippen LogP contribution >= 0.6 is 27.3 Å². The molecule has 1 N–H and O–H groups in total. The number of hydrogen-bond donors (Lipinski definition) is 1. The molecule has 9 nitrogen and oxygen atoms in total. The molecule has 2 aliphatic heterocycles. The average Bonchev–Trinajstić information content (AvgIpc) is 3.28. The Labute approximate surface area is 214 Å². The monoisotopic (exact) mass is 572 g/mol. The highest BCUT2D eigenvalue weighted by atomic mass is 79.9. The summed E-state index contributed by atoms with van der Waals surface area (Å²) in [5.74, 6) is -0.742. The zero-order valence-electron chi connectivity index (χ0n) is 20.7. The molecule has 1 fully saturated rings. The van der Waals surface area contributed by atoms with E-state index in [0.29, 0.717) is 6.61 Å². The first-order valence-corrected chi connectivity index (χ1v) is 16.5. The fourth-order valence-electron chi connectivity index (χ4n) is 3.86. The van der Waals surface area contributed by atoms with Crippen molar-refractivity contribution in [2.45, 2.75) is 57.6 Å². The van der Waals surface area contributed by atoms with Gasteiger partial charge in [-0.25, -0.2) is 14.6 Å². The van der Waals surface area contributed by atoms with Crippen LogP contribution in [0.3, 0.4) is 0 Å². The Morgan fingerprint density at radius 3 is 2.59 bits per heavy atom. The lowest BCUT2D eigenvalue weighted by Gasteiger charge is -2.37. The fourth-order valence-corrected chi connectivity index (χ4v) is 6.20. The van der Waals surface area contributed by atoms with Gasteiger partial charge in [-0.3, -0.25) is 15.0 Å². The van der Waals surface area contributed by atoms with E-state index < -0.39 is 37.3 Å². The van der Waals surface area contributed by atoms with Crippen LogP contribution in [0.2, 0.25) is 25.7 Å². The maximum absolute atomic E-state index is 13.5. The van der Waals surface area contributed by atoms with Gasteiger partial charge in [-0.15, -0.1) is 11.3 Å². The van der Waals surface area contributed by atoms with E-state index in [1.54, 1.807) is 32.7 Å². The number of carbonyl (C=O) groups excluding carboxylic acids is 3. The van der Waals surface area contributed by atoms with Crippen molar-refractivity contribution in [3.05, 3.63) is 20.8 Å². The van der Waals surface area contributed by atoms with Crippen LogP contribution in [0.15, 0.2) is 20.9 Å². The molecule has 2 atom stereocenters. The third kappa shape index (κ3) is 6.00. The fraction of sp³-hybridized carbons (Fsp3) is 0.636. The van der Waals surface area contributed by atoms with Gasteiger partial charge in [0, 0.05) is 36.4 Å². The number of aliphatic imine (C=N–C) groups is 1. The third-order valence-electron chi connectivity index (χ3n) is 5.61. The van der Waals surface area contributed by atoms with Crippen molar-refractivity contribution in [1.29, 1.82) is 0 Å². The lowest BCUT2D eigenvalue weighted by molar-refractivity contribution is -0.132. The zero-order valence-corrected chi connectivity index (χ0v) is 24.1. The summed E-state index contributed by atoms with van der Waals surface area (Å²) in [4.78, 5) is 47.4. The highest BCUT2D eigenvalue weighted by molar-refractivity contribution is 9.10. The normalized spacial score (nSPS) is 22.9. The molecule has 3 rings (SSSR count). The smallest absolute Gasteiger partial charge is 0.414 e. The number of guanidine groups is 1. The van der Waals surface area contributed by atoms with Crippen molar-refractivity contribution in [1.82, 2.24) is 15.1 Å². The summed E-state index contributed by atoms with van der Waals surface area (Å²) in [5, 5.41) is 4.53. The lowest BCUT2D eigenvalue weighted by atomic mass is 9.84. The molecule has 0 bridgehead atoms. The molecule has 0 aliphatic carbocycles. The average molecular weight is 574 g/mol. The number of carbonyl (C=O) groups is 3. The second kappa shape index (κ2) is 9.61. The SMILES string of the molecule is CN1C(=O)C2CN(C(=O)OCC[Si](C)(C)C)CC2(c2cc(Br)cs2)N=C1NC(=O)OC(C)(C)C. The lowest BCUT2D eigenvalue weighted by Crippen LogP contribution is -2.56. The highest BCUT2D eigenvalue weighted by Gasteiger charge is 2.58. The van der Waals surface area contributed by atoms with E-state index in [9.17, 15) is 14.4 Å². The number of alkyl carbamates (subject to hydrolysis) is 1. The standard InChI is InChI=1S/C22H33BrN4O5SSi/c1-21(2,3)32-19(29)24-18-25-22(16-10-14(23)12-33-16)13-27(11-15(22)17(28)26(18)4)20(30)31-8-9-34(5,6)7/h10,12,15H,8-9,11,13H2,1-7H3,(H,24,25,29). The Hall–Kier alpha value is -1.92. The molecule has 0 radical (unpaired) electrons. The highest BCUT2D eigenvalue weighted by Crippen LogP contribution is 2.47. The Kier molecular flexibility index (Phi) is 7.54. The molecule has 34 heavy (non-hydrogen) atoms. The first-order valence-electron chi connectivity index (χ1n) is 11.1. The molecular formula is C22H33BrN4O5SSi. The van der Waals surface area contributed by atoms with Crippen LogP contribution in [0.25, 0.3) is 0 Å². The van der Waals surface area contributed by atoms with Crippen molar-refractivity contribution in [3.8, 4) is 0 Å². The summed E-state index contributed by atoms with van der Waals surface area (Å²) >= 11 is 4.93. The molecule has 2 unspecified atom stereocenters. The van der Waals surface area contributed by atoms with Gasteiger partial charge < -0.3 is 14.4 Å². The van der Waals surface area contributed by atoms with Crippen molar-refractivity contribution < 1.29 is 23.9 Å². The number of nitrogens with zero attached hydrogens (tertiary/aromatic N) is 3. The van der Waals surface area contributed by atoms with E-state index >= 15 is 0 Å². The Morgan fingerprint density at radius 2 is 2.03 bits per heavy atom. The zero-order chi connectivity index (χ0) is 25.5. The number of hydrogen-bond acceptors (Lipinski definition) is 7. The van der Waals surface area contributed by atoms with Crippen molar-refractivity contribution in [3.63, 3.8) is 0 Å². The van der Waals surface area contributed by atoms with E-state index in [-0.39, 0.29) is 25.0 Å². The second-order valence-corrected chi connectivity index (χ2v) is 18.3. The van der Waals surface area contributed by atoms with Gasteiger partial charge >= 0.3 is 12.2 Å². The predicted molar refractivity (Wildman–Crippen MR) is 138 cm³/mol. The number of likely N-dealkylation sites (tertiary alicyclic amines) is 1. The van der Waals surface area contributed by atoms with Gasteiger partial charge in [-0.1, -0.05) is 19.6 Å². The largest absolute Gasteiger partial charge is 0.450 e. The van der Waals surface area contributed by atoms with E-state index in [4.69, 9.17) is 14.5 Å². The van der Waals surface area contributed by atoms with Crippen molar-refractivity contribution in [2.24, 2.45) is 10.9 Å². The molecule has 1 saturated heterocycles. The maximum Gasteiger partial charge on any atom is 0.414 e. The molecule has 12 heteroatoms. The molecule has 0 aromatic carbocycles. The summed E-state index contributed by atoms with van der Waals surface area (Å²) in [6, 6.07) is 2.77. The summed E-state index contributed by atoms with van der Waals surface area (Å²) < 4.78 is 11.8. The van der Waals surface area contributed by atoms with Gasteiger partial charge in [0.15, 0.2) is 0 Å². The van der Waals surface area contributed by atoms with Gasteiger partial charge in [0.25, 0.3) is 0 Å². The molecule has 2 aliphatic rings. The minimum Gasteiger partial charge on any atom is -0.450 e. The molecule has 3 amide bonds. The van der Waals surface area contributed by atoms with Crippen LogP contribution in [0, 0.1) is 5.92 Å². The molecular weight excluding hydrogens is 540 g/mol. The Balaban J connectivity index is 1.91. The molecule has 0 spiro atoms. The van der Waals surface area contributed by atoms with Crippen LogP contribution in [0.4, 0.5) is 9.59 Å². The first-order chi connectivity index (χ1) is 15.6. The van der Waals surface area contributed by atoms with Gasteiger partial charge in [0.1, 0.15) is 11.1 Å². The predicted octanol–water partition coefficient (Wildman–Crippen LogP) is 4.47. The van der Waals surface area contributed by atoms with E-state index in [1.165, 1.54) is 16.2 Å². The van der Waals surface area contributed by atoms with Crippen LogP contribution in [0.1, 0.15) is 25.6 Å². The molecule has 188 valence electrons. The quantitative estimate of drug-likeness (QED) is 0.536. The number of thiophene rings is 1. The number of halogens is 1. The van der Waals surface area contributed by atoms with Crippen LogP contribution in [0.5, 0.6) is 0 Å². The van der Waals surface area contributed by atoms with Gasteiger partial charge in [-0.05, 0) is 48.8 Å². The molecule has 0 saturated carbocycles. The second-order valence-electron chi connectivity index (χ2n) is 10.9. The van der Waals surface area contributed by atoms with Gasteiger partial charge in [-0.2, -0.15) is 0 Å². The van der Waals surface area contributed by atoms with Crippen LogP contribution in [-0.4, -0.2) is 74.3 Å². The maximum atomic E-state index is 13.5. The van der Waals surface area contributed by atoms with E-state index in [1.807, 2.05) is 11.4 Å². The Bertz CT molecular complexity index is 1000. The minimum atomic E-state index is -1.36. The van der Waals surface area contributed by atoms with Crippen LogP contribution < -0.4 is 5.32 Å². The minimum absolute atomic E-state index is 0.0916. The summed E-state index contributed by atoms with van der Waals surface area (Å²) in [5.41, 5.74) is -1.73. The third-order valence-corrected chi connectivity index (χ3v) is 9.17.